The number of aliphatic carboxylic acids is 1. The van der Waals surface area contributed by atoms with E-state index in [4.69, 9.17) is 15.9 Å². The summed E-state index contributed by atoms with van der Waals surface area (Å²) in [6.07, 6.45) is 2.68. The van der Waals surface area contributed by atoms with Crippen molar-refractivity contribution in [2.24, 2.45) is 11.7 Å². The summed E-state index contributed by atoms with van der Waals surface area (Å²) in [6.45, 7) is 2.61. The lowest BCUT2D eigenvalue weighted by Crippen LogP contribution is -2.54. The molecular weight excluding hydrogens is 376 g/mol. The molecule has 0 spiro atoms. The molecule has 0 aromatic rings. The predicted molar refractivity (Wildman–Crippen MR) is 102 cm³/mol. The van der Waals surface area contributed by atoms with Crippen molar-refractivity contribution in [3.05, 3.63) is 0 Å². The molecule has 0 bridgehead atoms. The number of thioether (sulfide) groups is 1. The van der Waals surface area contributed by atoms with E-state index in [2.05, 4.69) is 16.0 Å². The van der Waals surface area contributed by atoms with Crippen LogP contribution < -0.4 is 21.7 Å². The monoisotopic (exact) mass is 406 g/mol. The van der Waals surface area contributed by atoms with Crippen LogP contribution in [0.2, 0.25) is 0 Å². The number of rotatable bonds is 13. The van der Waals surface area contributed by atoms with Crippen molar-refractivity contribution < 1.29 is 29.4 Å². The molecule has 0 rings (SSSR count). The van der Waals surface area contributed by atoms with Crippen LogP contribution in [0.25, 0.3) is 0 Å². The van der Waals surface area contributed by atoms with Crippen molar-refractivity contribution in [1.82, 2.24) is 16.0 Å². The van der Waals surface area contributed by atoms with Crippen LogP contribution >= 0.6 is 11.8 Å². The van der Waals surface area contributed by atoms with Crippen molar-refractivity contribution in [2.45, 2.75) is 44.8 Å². The van der Waals surface area contributed by atoms with Crippen molar-refractivity contribution in [3.8, 4) is 0 Å². The molecule has 11 heteroatoms. The minimum Gasteiger partial charge on any atom is -0.480 e. The Kier molecular flexibility index (Phi) is 12.4. The zero-order valence-corrected chi connectivity index (χ0v) is 16.7. The molecule has 0 aliphatic carbocycles. The number of carboxylic acids is 1. The van der Waals surface area contributed by atoms with E-state index in [9.17, 15) is 19.2 Å². The Morgan fingerprint density at radius 1 is 1.07 bits per heavy atom. The van der Waals surface area contributed by atoms with Gasteiger partial charge in [-0.25, -0.2) is 4.79 Å². The molecule has 10 nitrogen and oxygen atoms in total. The first-order chi connectivity index (χ1) is 12.6. The van der Waals surface area contributed by atoms with Gasteiger partial charge in [0.1, 0.15) is 12.1 Å². The second-order valence-electron chi connectivity index (χ2n) is 6.44. The summed E-state index contributed by atoms with van der Waals surface area (Å²) in [7, 11) is 0. The van der Waals surface area contributed by atoms with E-state index in [1.165, 1.54) is 11.8 Å². The van der Waals surface area contributed by atoms with Crippen molar-refractivity contribution in [2.75, 3.05) is 25.2 Å². The normalized spacial score (nSPS) is 14.1. The van der Waals surface area contributed by atoms with E-state index in [0.717, 1.165) is 0 Å². The van der Waals surface area contributed by atoms with Crippen LogP contribution in [0.1, 0.15) is 26.7 Å². The van der Waals surface area contributed by atoms with Gasteiger partial charge in [0.25, 0.3) is 0 Å². The van der Waals surface area contributed by atoms with Crippen LogP contribution in [-0.4, -0.2) is 77.2 Å². The number of carbonyl (C=O) groups excluding carboxylic acids is 3. The quantitative estimate of drug-likeness (QED) is 0.210. The summed E-state index contributed by atoms with van der Waals surface area (Å²) in [5.74, 6) is -2.34. The van der Waals surface area contributed by atoms with Gasteiger partial charge in [0.05, 0.1) is 19.2 Å². The Morgan fingerprint density at radius 3 is 2.19 bits per heavy atom. The molecule has 3 unspecified atom stereocenters. The third kappa shape index (κ3) is 10.8. The molecule has 27 heavy (non-hydrogen) atoms. The van der Waals surface area contributed by atoms with Gasteiger partial charge in [-0.1, -0.05) is 13.8 Å². The van der Waals surface area contributed by atoms with Gasteiger partial charge in [0.15, 0.2) is 0 Å². The zero-order chi connectivity index (χ0) is 21.0. The Morgan fingerprint density at radius 2 is 1.70 bits per heavy atom. The van der Waals surface area contributed by atoms with Gasteiger partial charge in [-0.15, -0.1) is 0 Å². The fraction of sp³-hybridized carbons (Fsp3) is 0.750. The van der Waals surface area contributed by atoms with Gasteiger partial charge < -0.3 is 31.9 Å². The van der Waals surface area contributed by atoms with Gasteiger partial charge in [-0.2, -0.15) is 11.8 Å². The third-order valence-electron chi connectivity index (χ3n) is 3.54. The maximum atomic E-state index is 12.3. The summed E-state index contributed by atoms with van der Waals surface area (Å²) < 4.78 is 0. The second-order valence-corrected chi connectivity index (χ2v) is 7.42. The smallest absolute Gasteiger partial charge is 0.328 e. The lowest BCUT2D eigenvalue weighted by molar-refractivity contribution is -0.142. The second kappa shape index (κ2) is 13.3. The zero-order valence-electron chi connectivity index (χ0n) is 15.9. The first kappa shape index (κ1) is 25.1. The molecule has 3 amide bonds. The molecule has 156 valence electrons. The molecule has 0 aromatic heterocycles. The first-order valence-electron chi connectivity index (χ1n) is 8.57. The van der Waals surface area contributed by atoms with Crippen molar-refractivity contribution in [1.29, 1.82) is 0 Å². The van der Waals surface area contributed by atoms with Gasteiger partial charge in [0.2, 0.25) is 17.7 Å². The summed E-state index contributed by atoms with van der Waals surface area (Å²) in [5.41, 5.74) is 5.82. The SMILES string of the molecule is CSCCC(NC(=O)C(N)CC(C)C)C(=O)NCC(=O)NC(CO)C(=O)O. The van der Waals surface area contributed by atoms with E-state index in [1.807, 2.05) is 20.1 Å². The number of amides is 3. The number of aliphatic hydroxyl groups excluding tert-OH is 1. The highest BCUT2D eigenvalue weighted by atomic mass is 32.2. The molecule has 7 N–H and O–H groups in total. The number of carbonyl (C=O) groups is 4. The molecule has 0 aliphatic heterocycles. The number of hydrogen-bond donors (Lipinski definition) is 6. The number of nitrogens with one attached hydrogen (secondary N) is 3. The largest absolute Gasteiger partial charge is 0.480 e. The minimum absolute atomic E-state index is 0.224. The molecule has 0 aromatic carbocycles. The lowest BCUT2D eigenvalue weighted by Gasteiger charge is -2.21. The summed E-state index contributed by atoms with van der Waals surface area (Å²) in [6, 6.07) is -3.04. The maximum Gasteiger partial charge on any atom is 0.328 e. The fourth-order valence-electron chi connectivity index (χ4n) is 2.12. The predicted octanol–water partition coefficient (Wildman–Crippen LogP) is -1.72. The Hall–Kier alpha value is -1.85. The van der Waals surface area contributed by atoms with E-state index in [-0.39, 0.29) is 5.92 Å². The number of nitrogens with two attached hydrogens (primary N) is 1. The fourth-order valence-corrected chi connectivity index (χ4v) is 2.59. The van der Waals surface area contributed by atoms with E-state index in [1.54, 1.807) is 0 Å². The Bertz CT molecular complexity index is 517. The van der Waals surface area contributed by atoms with Gasteiger partial charge in [-0.05, 0) is 30.8 Å². The summed E-state index contributed by atoms with van der Waals surface area (Å²) in [5, 5.41) is 24.7. The van der Waals surface area contributed by atoms with Crippen LogP contribution in [0.4, 0.5) is 0 Å². The lowest BCUT2D eigenvalue weighted by atomic mass is 10.0. The van der Waals surface area contributed by atoms with E-state index < -0.39 is 55.0 Å². The highest BCUT2D eigenvalue weighted by molar-refractivity contribution is 7.98. The molecule has 0 radical (unpaired) electrons. The topological polar surface area (TPSA) is 171 Å². The van der Waals surface area contributed by atoms with Gasteiger partial charge in [0, 0.05) is 0 Å². The first-order valence-corrected chi connectivity index (χ1v) is 9.97. The maximum absolute atomic E-state index is 12.3. The van der Waals surface area contributed by atoms with E-state index >= 15 is 0 Å². The van der Waals surface area contributed by atoms with Crippen LogP contribution in [0.15, 0.2) is 0 Å². The molecule has 0 aliphatic rings. The molecule has 0 saturated carbocycles. The molecule has 0 saturated heterocycles. The van der Waals surface area contributed by atoms with Crippen LogP contribution in [-0.2, 0) is 19.2 Å². The summed E-state index contributed by atoms with van der Waals surface area (Å²) >= 11 is 1.50. The van der Waals surface area contributed by atoms with Crippen molar-refractivity contribution >= 4 is 35.5 Å². The standard InChI is InChI=1S/C16H30N4O6S/c1-9(2)6-10(17)14(23)20-11(4-5-27-3)15(24)18-7-13(22)19-12(8-21)16(25)26/h9-12,21H,4-8,17H2,1-3H3,(H,18,24)(H,19,22)(H,20,23)(H,25,26). The number of aliphatic hydroxyl groups is 1. The Labute approximate surface area is 163 Å². The van der Waals surface area contributed by atoms with Crippen LogP contribution in [0.3, 0.4) is 0 Å². The highest BCUT2D eigenvalue weighted by Gasteiger charge is 2.25. The van der Waals surface area contributed by atoms with Crippen molar-refractivity contribution in [3.63, 3.8) is 0 Å². The van der Waals surface area contributed by atoms with Crippen LogP contribution in [0, 0.1) is 5.92 Å². The Balaban J connectivity index is 4.70. The van der Waals surface area contributed by atoms with E-state index in [0.29, 0.717) is 18.6 Å². The molecule has 0 heterocycles. The third-order valence-corrected chi connectivity index (χ3v) is 4.19. The highest BCUT2D eigenvalue weighted by Crippen LogP contribution is 2.05. The number of carboxylic acid groups (broad SMARTS) is 1. The number of hydrogen-bond acceptors (Lipinski definition) is 7. The van der Waals surface area contributed by atoms with Gasteiger partial charge >= 0.3 is 5.97 Å². The van der Waals surface area contributed by atoms with Gasteiger partial charge in [-0.3, -0.25) is 14.4 Å². The minimum atomic E-state index is -1.45. The molecular formula is C16H30N4O6S. The molecule has 0 fully saturated rings. The average molecular weight is 407 g/mol. The average Bonchev–Trinajstić information content (AvgIpc) is 2.59. The molecule has 3 atom stereocenters. The summed E-state index contributed by atoms with van der Waals surface area (Å²) in [4.78, 5) is 46.9. The van der Waals surface area contributed by atoms with Crippen LogP contribution in [0.5, 0.6) is 0 Å².